The first-order valence-electron chi connectivity index (χ1n) is 14.2. The summed E-state index contributed by atoms with van der Waals surface area (Å²) in [6, 6.07) is 32.5. The van der Waals surface area contributed by atoms with Crippen LogP contribution in [0.2, 0.25) is 0 Å². The Hall–Kier alpha value is -3.26. The summed E-state index contributed by atoms with van der Waals surface area (Å²) >= 11 is 0. The largest absolute Gasteiger partial charge is 0.243 e. The van der Waals surface area contributed by atoms with Crippen LogP contribution in [0.4, 0.5) is 0 Å². The molecule has 0 heterocycles. The number of sulfone groups is 1. The van der Waals surface area contributed by atoms with E-state index in [-0.39, 0.29) is 16.3 Å². The molecule has 0 amide bonds. The van der Waals surface area contributed by atoms with Crippen molar-refractivity contribution in [1.82, 2.24) is 4.31 Å². The van der Waals surface area contributed by atoms with E-state index in [1.807, 2.05) is 73.7 Å². The SMILES string of the molecule is CCCCCCN(Cc1ccc(C(Cc2ccccc2)S(=O)(=O)c2ccccc2)cc1)S(=O)(=O)c1ccc(C)cc1. The van der Waals surface area contributed by atoms with E-state index in [0.717, 1.165) is 42.4 Å². The van der Waals surface area contributed by atoms with Crippen molar-refractivity contribution in [3.63, 3.8) is 0 Å². The predicted octanol–water partition coefficient (Wildman–Crippen LogP) is 7.52. The zero-order chi connectivity index (χ0) is 29.3. The minimum atomic E-state index is -3.69. The number of hydrogen-bond donors (Lipinski definition) is 0. The van der Waals surface area contributed by atoms with E-state index in [4.69, 9.17) is 0 Å². The fraction of sp³-hybridized carbons (Fsp3) is 0.294. The Morgan fingerprint density at radius 3 is 1.85 bits per heavy atom. The van der Waals surface area contributed by atoms with Gasteiger partial charge in [0.05, 0.1) is 15.0 Å². The second-order valence-electron chi connectivity index (χ2n) is 10.5. The molecule has 4 aromatic rings. The number of aryl methyl sites for hydroxylation is 1. The van der Waals surface area contributed by atoms with Crippen molar-refractivity contribution < 1.29 is 16.8 Å². The molecule has 0 saturated carbocycles. The van der Waals surface area contributed by atoms with Crippen LogP contribution in [0.5, 0.6) is 0 Å². The number of nitrogens with zero attached hydrogens (tertiary/aromatic N) is 1. The van der Waals surface area contributed by atoms with E-state index in [1.165, 1.54) is 0 Å². The third-order valence-corrected chi connectivity index (χ3v) is 11.3. The highest BCUT2D eigenvalue weighted by atomic mass is 32.2. The van der Waals surface area contributed by atoms with Gasteiger partial charge >= 0.3 is 0 Å². The quantitative estimate of drug-likeness (QED) is 0.143. The van der Waals surface area contributed by atoms with Crippen LogP contribution in [0.15, 0.2) is 119 Å². The number of benzene rings is 4. The van der Waals surface area contributed by atoms with Gasteiger partial charge in [-0.1, -0.05) is 117 Å². The molecule has 0 saturated heterocycles. The van der Waals surface area contributed by atoms with Gasteiger partial charge in [-0.05, 0) is 60.7 Å². The first kappa shape index (κ1) is 30.7. The lowest BCUT2D eigenvalue weighted by molar-refractivity contribution is 0.392. The molecular formula is C34H39NO4S2. The van der Waals surface area contributed by atoms with Gasteiger partial charge in [-0.15, -0.1) is 0 Å². The van der Waals surface area contributed by atoms with Gasteiger partial charge in [-0.3, -0.25) is 0 Å². The molecule has 5 nitrogen and oxygen atoms in total. The van der Waals surface area contributed by atoms with Crippen molar-refractivity contribution in [3.05, 3.63) is 131 Å². The number of sulfonamides is 1. The Kier molecular flexibility index (Phi) is 10.5. The van der Waals surface area contributed by atoms with Crippen molar-refractivity contribution in [2.45, 2.75) is 67.5 Å². The van der Waals surface area contributed by atoms with E-state index >= 15 is 0 Å². The molecule has 1 unspecified atom stereocenters. The second kappa shape index (κ2) is 14.1. The summed E-state index contributed by atoms with van der Waals surface area (Å²) in [6.07, 6.45) is 4.22. The smallest absolute Gasteiger partial charge is 0.223 e. The van der Waals surface area contributed by atoms with E-state index in [2.05, 4.69) is 6.92 Å². The fourth-order valence-electron chi connectivity index (χ4n) is 4.91. The van der Waals surface area contributed by atoms with Crippen molar-refractivity contribution in [2.24, 2.45) is 0 Å². The van der Waals surface area contributed by atoms with Gasteiger partial charge in [0, 0.05) is 13.1 Å². The molecule has 4 aromatic carbocycles. The molecule has 0 N–H and O–H groups in total. The van der Waals surface area contributed by atoms with Crippen molar-refractivity contribution >= 4 is 19.9 Å². The van der Waals surface area contributed by atoms with E-state index < -0.39 is 25.1 Å². The molecule has 0 spiro atoms. The molecular weight excluding hydrogens is 551 g/mol. The molecule has 216 valence electrons. The Morgan fingerprint density at radius 2 is 1.24 bits per heavy atom. The Balaban J connectivity index is 1.63. The minimum absolute atomic E-state index is 0.220. The van der Waals surface area contributed by atoms with Crippen LogP contribution in [0.3, 0.4) is 0 Å². The zero-order valence-corrected chi connectivity index (χ0v) is 25.4. The summed E-state index contributed by atoms with van der Waals surface area (Å²) < 4.78 is 56.4. The minimum Gasteiger partial charge on any atom is -0.223 e. The molecule has 0 aliphatic carbocycles. The standard InChI is InChI=1S/C34H39NO4S2/c1-3-4-5-12-25-35(41(38,39)33-23-17-28(2)18-24-33)27-30-19-21-31(22-20-30)34(26-29-13-8-6-9-14-29)40(36,37)32-15-10-7-11-16-32/h6-11,13-24,34H,3-5,12,25-27H2,1-2H3. The normalized spacial score (nSPS) is 12.9. The molecule has 0 aliphatic heterocycles. The maximum atomic E-state index is 13.8. The first-order chi connectivity index (χ1) is 19.7. The fourth-order valence-corrected chi connectivity index (χ4v) is 8.17. The molecule has 0 fully saturated rings. The number of rotatable bonds is 14. The Morgan fingerprint density at radius 1 is 0.634 bits per heavy atom. The molecule has 4 rings (SSSR count). The molecule has 0 aromatic heterocycles. The average molecular weight is 590 g/mol. The van der Waals surface area contributed by atoms with Crippen LogP contribution in [0.25, 0.3) is 0 Å². The molecule has 0 bridgehead atoms. The van der Waals surface area contributed by atoms with Crippen molar-refractivity contribution in [1.29, 1.82) is 0 Å². The van der Waals surface area contributed by atoms with Gasteiger partial charge in [0.15, 0.2) is 9.84 Å². The van der Waals surface area contributed by atoms with Gasteiger partial charge < -0.3 is 0 Å². The van der Waals surface area contributed by atoms with Gasteiger partial charge in [-0.2, -0.15) is 4.31 Å². The van der Waals surface area contributed by atoms with Gasteiger partial charge in [0.1, 0.15) is 0 Å². The summed E-state index contributed by atoms with van der Waals surface area (Å²) in [6.45, 7) is 4.71. The molecule has 0 radical (unpaired) electrons. The van der Waals surface area contributed by atoms with Crippen LogP contribution < -0.4 is 0 Å². The monoisotopic (exact) mass is 589 g/mol. The van der Waals surface area contributed by atoms with Gasteiger partial charge in [0.2, 0.25) is 10.0 Å². The summed E-state index contributed by atoms with van der Waals surface area (Å²) in [4.78, 5) is 0.569. The Labute approximate surface area is 245 Å². The summed E-state index contributed by atoms with van der Waals surface area (Å²) in [7, 11) is -7.37. The number of hydrogen-bond acceptors (Lipinski definition) is 4. The van der Waals surface area contributed by atoms with E-state index in [1.54, 1.807) is 46.8 Å². The van der Waals surface area contributed by atoms with E-state index in [0.29, 0.717) is 18.5 Å². The number of unbranched alkanes of at least 4 members (excludes halogenated alkanes) is 3. The lowest BCUT2D eigenvalue weighted by atomic mass is 10.0. The first-order valence-corrected chi connectivity index (χ1v) is 17.2. The summed E-state index contributed by atoms with van der Waals surface area (Å²) in [5.74, 6) is 0. The molecule has 0 aliphatic rings. The topological polar surface area (TPSA) is 71.5 Å². The van der Waals surface area contributed by atoms with Crippen LogP contribution in [-0.4, -0.2) is 27.7 Å². The highest BCUT2D eigenvalue weighted by molar-refractivity contribution is 7.91. The predicted molar refractivity (Wildman–Crippen MR) is 166 cm³/mol. The highest BCUT2D eigenvalue weighted by Crippen LogP contribution is 2.33. The lowest BCUT2D eigenvalue weighted by Crippen LogP contribution is -2.31. The van der Waals surface area contributed by atoms with Crippen molar-refractivity contribution in [2.75, 3.05) is 6.54 Å². The van der Waals surface area contributed by atoms with E-state index in [9.17, 15) is 16.8 Å². The highest BCUT2D eigenvalue weighted by Gasteiger charge is 2.30. The van der Waals surface area contributed by atoms with Gasteiger partial charge in [-0.25, -0.2) is 16.8 Å². The van der Waals surface area contributed by atoms with Crippen LogP contribution >= 0.6 is 0 Å². The van der Waals surface area contributed by atoms with Crippen LogP contribution in [-0.2, 0) is 32.8 Å². The summed E-state index contributed by atoms with van der Waals surface area (Å²) in [5, 5.41) is -0.775. The third kappa shape index (κ3) is 7.94. The molecule has 41 heavy (non-hydrogen) atoms. The lowest BCUT2D eigenvalue weighted by Gasteiger charge is -2.23. The summed E-state index contributed by atoms with van der Waals surface area (Å²) in [5.41, 5.74) is 3.43. The van der Waals surface area contributed by atoms with Gasteiger partial charge in [0.25, 0.3) is 0 Å². The van der Waals surface area contributed by atoms with Crippen molar-refractivity contribution in [3.8, 4) is 0 Å². The third-order valence-electron chi connectivity index (χ3n) is 7.34. The maximum absolute atomic E-state index is 13.8. The van der Waals surface area contributed by atoms with Crippen LogP contribution in [0, 0.1) is 6.92 Å². The zero-order valence-electron chi connectivity index (χ0n) is 23.8. The maximum Gasteiger partial charge on any atom is 0.243 e. The average Bonchev–Trinajstić information content (AvgIpc) is 2.99. The molecule has 7 heteroatoms. The second-order valence-corrected chi connectivity index (χ2v) is 14.6. The Bertz CT molecular complexity index is 1590. The van der Waals surface area contributed by atoms with Crippen LogP contribution in [0.1, 0.15) is 60.1 Å². The molecule has 1 atom stereocenters.